The van der Waals surface area contributed by atoms with Gasteiger partial charge in [0.2, 0.25) is 0 Å². The van der Waals surface area contributed by atoms with Crippen LogP contribution in [0.3, 0.4) is 0 Å². The van der Waals surface area contributed by atoms with Gasteiger partial charge in [0, 0.05) is 26.2 Å². The summed E-state index contributed by atoms with van der Waals surface area (Å²) in [5, 5.41) is 17.8. The van der Waals surface area contributed by atoms with Gasteiger partial charge in [0.05, 0.1) is 23.9 Å². The van der Waals surface area contributed by atoms with Crippen LogP contribution >= 0.6 is 0 Å². The summed E-state index contributed by atoms with van der Waals surface area (Å²) in [5.41, 5.74) is 2.86. The number of nitriles is 2. The standard InChI is InChI=1S/C14H16N4/c1-12-2-3-14(13(10-12)11-16)18-8-6-17(5-4-15)7-9-18/h2-3,10H,5-9H2,1H3. The van der Waals surface area contributed by atoms with Crippen LogP contribution in [0, 0.1) is 29.6 Å². The first kappa shape index (κ1) is 12.4. The third-order valence-corrected chi connectivity index (χ3v) is 3.28. The van der Waals surface area contributed by atoms with Crippen LogP contribution in [-0.4, -0.2) is 37.6 Å². The van der Waals surface area contributed by atoms with Gasteiger partial charge < -0.3 is 4.90 Å². The van der Waals surface area contributed by atoms with Crippen molar-refractivity contribution in [1.82, 2.24) is 4.90 Å². The van der Waals surface area contributed by atoms with E-state index in [0.29, 0.717) is 6.54 Å². The molecule has 0 radical (unpaired) electrons. The van der Waals surface area contributed by atoms with Gasteiger partial charge in [-0.2, -0.15) is 10.5 Å². The highest BCUT2D eigenvalue weighted by atomic mass is 15.3. The average Bonchev–Trinajstić information content (AvgIpc) is 2.40. The normalized spacial score (nSPS) is 16.1. The number of aryl methyl sites for hydroxylation is 1. The molecule has 0 aromatic heterocycles. The predicted octanol–water partition coefficient (Wildman–Crippen LogP) is 1.51. The summed E-state index contributed by atoms with van der Waals surface area (Å²) in [7, 11) is 0. The molecule has 1 heterocycles. The lowest BCUT2D eigenvalue weighted by Crippen LogP contribution is -2.46. The van der Waals surface area contributed by atoms with Gasteiger partial charge in [0.25, 0.3) is 0 Å². The van der Waals surface area contributed by atoms with E-state index in [1.165, 1.54) is 0 Å². The van der Waals surface area contributed by atoms with E-state index >= 15 is 0 Å². The number of benzene rings is 1. The van der Waals surface area contributed by atoms with Crippen molar-refractivity contribution in [2.24, 2.45) is 0 Å². The van der Waals surface area contributed by atoms with Gasteiger partial charge in [-0.15, -0.1) is 0 Å². The smallest absolute Gasteiger partial charge is 0.101 e. The van der Waals surface area contributed by atoms with Crippen LogP contribution in [0.5, 0.6) is 0 Å². The SMILES string of the molecule is Cc1ccc(N2CCN(CC#N)CC2)c(C#N)c1. The first-order valence-electron chi connectivity index (χ1n) is 6.09. The molecule has 0 N–H and O–H groups in total. The number of hydrogen-bond acceptors (Lipinski definition) is 4. The van der Waals surface area contributed by atoms with E-state index in [-0.39, 0.29) is 0 Å². The second kappa shape index (κ2) is 5.53. The van der Waals surface area contributed by atoms with Crippen LogP contribution in [0.25, 0.3) is 0 Å². The maximum absolute atomic E-state index is 9.18. The predicted molar refractivity (Wildman–Crippen MR) is 70.2 cm³/mol. The lowest BCUT2D eigenvalue weighted by Gasteiger charge is -2.35. The Morgan fingerprint density at radius 1 is 1.17 bits per heavy atom. The van der Waals surface area contributed by atoms with Crippen LogP contribution in [0.2, 0.25) is 0 Å². The summed E-state index contributed by atoms with van der Waals surface area (Å²) in [4.78, 5) is 4.36. The highest BCUT2D eigenvalue weighted by Gasteiger charge is 2.18. The molecule has 0 aliphatic carbocycles. The number of nitrogens with zero attached hydrogens (tertiary/aromatic N) is 4. The molecule has 92 valence electrons. The molecule has 18 heavy (non-hydrogen) atoms. The molecule has 0 saturated carbocycles. The van der Waals surface area contributed by atoms with Crippen molar-refractivity contribution in [3.63, 3.8) is 0 Å². The zero-order valence-corrected chi connectivity index (χ0v) is 10.6. The Bertz CT molecular complexity index is 502. The Balaban J connectivity index is 2.11. The molecule has 1 saturated heterocycles. The maximum atomic E-state index is 9.18. The van der Waals surface area contributed by atoms with Crippen LogP contribution < -0.4 is 4.90 Å². The highest BCUT2D eigenvalue weighted by Crippen LogP contribution is 2.22. The average molecular weight is 240 g/mol. The number of hydrogen-bond donors (Lipinski definition) is 0. The summed E-state index contributed by atoms with van der Waals surface area (Å²) in [6, 6.07) is 10.4. The third kappa shape index (κ3) is 2.61. The minimum atomic E-state index is 0.493. The van der Waals surface area contributed by atoms with E-state index in [1.807, 2.05) is 25.1 Å². The van der Waals surface area contributed by atoms with E-state index in [0.717, 1.165) is 43.0 Å². The van der Waals surface area contributed by atoms with Crippen molar-refractivity contribution >= 4 is 5.69 Å². The zero-order valence-electron chi connectivity index (χ0n) is 10.6. The topological polar surface area (TPSA) is 54.1 Å². The Kier molecular flexibility index (Phi) is 3.82. The van der Waals surface area contributed by atoms with Gasteiger partial charge in [-0.25, -0.2) is 0 Å². The Morgan fingerprint density at radius 3 is 2.50 bits per heavy atom. The van der Waals surface area contributed by atoms with E-state index in [9.17, 15) is 5.26 Å². The Labute approximate surface area is 108 Å². The molecule has 1 aromatic carbocycles. The summed E-state index contributed by atoms with van der Waals surface area (Å²) in [6.07, 6.45) is 0. The fraction of sp³-hybridized carbons (Fsp3) is 0.429. The summed E-state index contributed by atoms with van der Waals surface area (Å²) in [5.74, 6) is 0. The van der Waals surface area contributed by atoms with Gasteiger partial charge in [0.15, 0.2) is 0 Å². The minimum Gasteiger partial charge on any atom is -0.368 e. The molecule has 0 amide bonds. The molecule has 1 fully saturated rings. The quantitative estimate of drug-likeness (QED) is 0.735. The molecule has 0 spiro atoms. The van der Waals surface area contributed by atoms with Gasteiger partial charge in [-0.05, 0) is 24.6 Å². The van der Waals surface area contributed by atoms with E-state index in [1.54, 1.807) is 0 Å². The summed E-state index contributed by atoms with van der Waals surface area (Å²) < 4.78 is 0. The molecule has 1 aromatic rings. The highest BCUT2D eigenvalue weighted by molar-refractivity contribution is 5.60. The molecule has 4 nitrogen and oxygen atoms in total. The van der Waals surface area contributed by atoms with Crippen LogP contribution in [0.15, 0.2) is 18.2 Å². The van der Waals surface area contributed by atoms with Gasteiger partial charge in [-0.3, -0.25) is 4.90 Å². The van der Waals surface area contributed by atoms with Gasteiger partial charge in [-0.1, -0.05) is 6.07 Å². The molecule has 4 heteroatoms. The van der Waals surface area contributed by atoms with Crippen LogP contribution in [0.1, 0.15) is 11.1 Å². The maximum Gasteiger partial charge on any atom is 0.101 e. The minimum absolute atomic E-state index is 0.493. The van der Waals surface area contributed by atoms with E-state index < -0.39 is 0 Å². The monoisotopic (exact) mass is 240 g/mol. The zero-order chi connectivity index (χ0) is 13.0. The third-order valence-electron chi connectivity index (χ3n) is 3.28. The molecular weight excluding hydrogens is 224 g/mol. The number of rotatable bonds is 2. The molecule has 0 unspecified atom stereocenters. The molecule has 1 aliphatic heterocycles. The fourth-order valence-corrected chi connectivity index (χ4v) is 2.26. The van der Waals surface area contributed by atoms with E-state index in [4.69, 9.17) is 5.26 Å². The second-order valence-electron chi connectivity index (χ2n) is 4.55. The first-order chi connectivity index (χ1) is 8.74. The molecular formula is C14H16N4. The van der Waals surface area contributed by atoms with Crippen molar-refractivity contribution in [3.8, 4) is 12.1 Å². The molecule has 0 bridgehead atoms. The molecule has 1 aliphatic rings. The first-order valence-corrected chi connectivity index (χ1v) is 6.09. The van der Waals surface area contributed by atoms with Crippen molar-refractivity contribution in [3.05, 3.63) is 29.3 Å². The fourth-order valence-electron chi connectivity index (χ4n) is 2.26. The van der Waals surface area contributed by atoms with Gasteiger partial charge >= 0.3 is 0 Å². The second-order valence-corrected chi connectivity index (χ2v) is 4.55. The van der Waals surface area contributed by atoms with Crippen molar-refractivity contribution in [1.29, 1.82) is 10.5 Å². The summed E-state index contributed by atoms with van der Waals surface area (Å²) in [6.45, 7) is 6.00. The van der Waals surface area contributed by atoms with Crippen LogP contribution in [0.4, 0.5) is 5.69 Å². The summed E-state index contributed by atoms with van der Waals surface area (Å²) >= 11 is 0. The van der Waals surface area contributed by atoms with E-state index in [2.05, 4.69) is 21.9 Å². The van der Waals surface area contributed by atoms with Crippen molar-refractivity contribution in [2.45, 2.75) is 6.92 Å². The number of anilines is 1. The van der Waals surface area contributed by atoms with Gasteiger partial charge in [0.1, 0.15) is 6.07 Å². The number of piperazine rings is 1. The lowest BCUT2D eigenvalue weighted by atomic mass is 10.1. The van der Waals surface area contributed by atoms with Crippen molar-refractivity contribution in [2.75, 3.05) is 37.6 Å². The molecule has 2 rings (SSSR count). The lowest BCUT2D eigenvalue weighted by molar-refractivity contribution is 0.287. The molecule has 0 atom stereocenters. The van der Waals surface area contributed by atoms with Crippen molar-refractivity contribution < 1.29 is 0 Å². The largest absolute Gasteiger partial charge is 0.368 e. The Morgan fingerprint density at radius 2 is 1.89 bits per heavy atom. The van der Waals surface area contributed by atoms with Crippen LogP contribution in [-0.2, 0) is 0 Å². The Hall–Kier alpha value is -2.04.